The summed E-state index contributed by atoms with van der Waals surface area (Å²) in [6, 6.07) is 9.55. The minimum absolute atomic E-state index is 0.0342. The summed E-state index contributed by atoms with van der Waals surface area (Å²) >= 11 is 1.36. The van der Waals surface area contributed by atoms with Crippen molar-refractivity contribution in [1.82, 2.24) is 0 Å². The van der Waals surface area contributed by atoms with Crippen LogP contribution in [0, 0.1) is 0 Å². The highest BCUT2D eigenvalue weighted by Gasteiger charge is 2.19. The van der Waals surface area contributed by atoms with Crippen molar-refractivity contribution >= 4 is 16.9 Å². The Morgan fingerprint density at radius 2 is 1.88 bits per heavy atom. The van der Waals surface area contributed by atoms with Crippen LogP contribution in [0.2, 0.25) is 0 Å². The van der Waals surface area contributed by atoms with Crippen LogP contribution < -0.4 is 5.73 Å². The molecule has 0 heterocycles. The minimum atomic E-state index is -0.191. The Kier molecular flexibility index (Phi) is 4.56. The highest BCUT2D eigenvalue weighted by molar-refractivity contribution is 8.14. The normalized spacial score (nSPS) is 13.5. The monoisotopic (exact) mass is 237 g/mol. The van der Waals surface area contributed by atoms with Crippen LogP contribution in [0.5, 0.6) is 0 Å². The van der Waals surface area contributed by atoms with E-state index in [9.17, 15) is 4.79 Å². The number of nitrogens with two attached hydrogens (primary N) is 1. The summed E-state index contributed by atoms with van der Waals surface area (Å²) in [5.41, 5.74) is 7.00. The summed E-state index contributed by atoms with van der Waals surface area (Å²) in [7, 11) is 0. The van der Waals surface area contributed by atoms with Gasteiger partial charge in [0.1, 0.15) is 0 Å². The van der Waals surface area contributed by atoms with Gasteiger partial charge in [-0.05, 0) is 5.56 Å². The fourth-order valence-electron chi connectivity index (χ4n) is 1.38. The van der Waals surface area contributed by atoms with E-state index in [1.54, 1.807) is 0 Å². The maximum absolute atomic E-state index is 11.7. The fraction of sp³-hybridized carbons (Fsp3) is 0.462. The molecule has 0 aliphatic carbocycles. The van der Waals surface area contributed by atoms with Gasteiger partial charge in [-0.25, -0.2) is 0 Å². The van der Waals surface area contributed by atoms with Crippen molar-refractivity contribution in [2.75, 3.05) is 0 Å². The Morgan fingerprint density at radius 1 is 1.31 bits per heavy atom. The minimum Gasteiger partial charge on any atom is -0.324 e. The van der Waals surface area contributed by atoms with E-state index < -0.39 is 0 Å². The molecule has 0 aromatic heterocycles. The van der Waals surface area contributed by atoms with Crippen LogP contribution in [0.3, 0.4) is 0 Å². The number of carbonyl (C=O) groups is 1. The van der Waals surface area contributed by atoms with E-state index in [4.69, 9.17) is 5.73 Å². The van der Waals surface area contributed by atoms with Crippen LogP contribution in [-0.4, -0.2) is 9.86 Å². The number of benzene rings is 1. The van der Waals surface area contributed by atoms with Gasteiger partial charge >= 0.3 is 0 Å². The van der Waals surface area contributed by atoms with Crippen molar-refractivity contribution in [3.05, 3.63) is 35.9 Å². The predicted molar refractivity (Wildman–Crippen MR) is 70.3 cm³/mol. The summed E-state index contributed by atoms with van der Waals surface area (Å²) in [5, 5.41) is 0.156. The lowest BCUT2D eigenvalue weighted by Gasteiger charge is -2.18. The topological polar surface area (TPSA) is 43.1 Å². The van der Waals surface area contributed by atoms with Gasteiger partial charge in [0.2, 0.25) is 0 Å². The van der Waals surface area contributed by atoms with Crippen molar-refractivity contribution in [3.8, 4) is 0 Å². The van der Waals surface area contributed by atoms with Crippen molar-refractivity contribution in [2.24, 2.45) is 5.73 Å². The van der Waals surface area contributed by atoms with E-state index in [0.29, 0.717) is 6.42 Å². The van der Waals surface area contributed by atoms with Gasteiger partial charge in [0.15, 0.2) is 5.12 Å². The van der Waals surface area contributed by atoms with E-state index in [0.717, 1.165) is 5.56 Å². The lowest BCUT2D eigenvalue weighted by Crippen LogP contribution is -2.17. The summed E-state index contributed by atoms with van der Waals surface area (Å²) in [6.45, 7) is 6.09. The highest BCUT2D eigenvalue weighted by atomic mass is 32.2. The molecule has 0 radical (unpaired) electrons. The number of rotatable bonds is 3. The standard InChI is InChI=1S/C13H19NOS/c1-13(2,3)16-12(15)9-11(14)10-7-5-4-6-8-10/h4-8,11H,9,14H2,1-3H3/t11-/m1/s1. The van der Waals surface area contributed by atoms with Crippen LogP contribution in [0.1, 0.15) is 38.8 Å². The van der Waals surface area contributed by atoms with Crippen LogP contribution in [0.4, 0.5) is 0 Å². The molecular weight excluding hydrogens is 218 g/mol. The first-order valence-electron chi connectivity index (χ1n) is 5.41. The van der Waals surface area contributed by atoms with Crippen LogP contribution in [0.15, 0.2) is 30.3 Å². The van der Waals surface area contributed by atoms with Gasteiger partial charge in [-0.1, -0.05) is 62.9 Å². The third-order valence-electron chi connectivity index (χ3n) is 2.03. The molecule has 1 aromatic rings. The molecule has 0 unspecified atom stereocenters. The maximum atomic E-state index is 11.7. The van der Waals surface area contributed by atoms with Crippen LogP contribution in [-0.2, 0) is 4.79 Å². The van der Waals surface area contributed by atoms with E-state index in [2.05, 4.69) is 0 Å². The molecule has 0 fully saturated rings. The summed E-state index contributed by atoms with van der Waals surface area (Å²) < 4.78 is -0.0342. The molecule has 0 aliphatic rings. The zero-order valence-corrected chi connectivity index (χ0v) is 10.9. The number of hydrogen-bond donors (Lipinski definition) is 1. The third-order valence-corrected chi connectivity index (χ3v) is 3.04. The molecule has 0 saturated carbocycles. The maximum Gasteiger partial charge on any atom is 0.191 e. The number of carbonyl (C=O) groups excluding carboxylic acids is 1. The van der Waals surface area contributed by atoms with Gasteiger partial charge in [0.25, 0.3) is 0 Å². The molecule has 88 valence electrons. The van der Waals surface area contributed by atoms with E-state index >= 15 is 0 Å². The molecule has 1 rings (SSSR count). The van der Waals surface area contributed by atoms with Gasteiger partial charge in [0.05, 0.1) is 0 Å². The third kappa shape index (κ3) is 4.81. The van der Waals surface area contributed by atoms with Crippen molar-refractivity contribution in [3.63, 3.8) is 0 Å². The molecule has 16 heavy (non-hydrogen) atoms. The highest BCUT2D eigenvalue weighted by Crippen LogP contribution is 2.27. The summed E-state index contributed by atoms with van der Waals surface area (Å²) in [6.07, 6.45) is 0.395. The molecular formula is C13H19NOS. The Labute approximate surface area is 102 Å². The first-order valence-corrected chi connectivity index (χ1v) is 6.22. The molecule has 0 saturated heterocycles. The van der Waals surface area contributed by atoms with Gasteiger partial charge < -0.3 is 5.73 Å². The second kappa shape index (κ2) is 5.51. The molecule has 3 heteroatoms. The van der Waals surface area contributed by atoms with E-state index in [1.807, 2.05) is 51.1 Å². The SMILES string of the molecule is CC(C)(C)SC(=O)C[C@@H](N)c1ccccc1. The predicted octanol–water partition coefficient (Wildman–Crippen LogP) is 3.13. The van der Waals surface area contributed by atoms with Crippen molar-refractivity contribution in [1.29, 1.82) is 0 Å². The number of hydrogen-bond acceptors (Lipinski definition) is 3. The van der Waals surface area contributed by atoms with Crippen LogP contribution >= 0.6 is 11.8 Å². The quantitative estimate of drug-likeness (QED) is 0.878. The van der Waals surface area contributed by atoms with Crippen LogP contribution in [0.25, 0.3) is 0 Å². The molecule has 1 aromatic carbocycles. The first-order chi connectivity index (χ1) is 7.38. The molecule has 2 N–H and O–H groups in total. The summed E-state index contributed by atoms with van der Waals surface area (Å²) in [5.74, 6) is 0. The van der Waals surface area contributed by atoms with Gasteiger partial charge in [0, 0.05) is 17.2 Å². The zero-order valence-electron chi connectivity index (χ0n) is 10.1. The molecule has 2 nitrogen and oxygen atoms in total. The Balaban J connectivity index is 2.52. The zero-order chi connectivity index (χ0) is 12.2. The Bertz CT molecular complexity index is 343. The van der Waals surface area contributed by atoms with Gasteiger partial charge in [-0.2, -0.15) is 0 Å². The first kappa shape index (κ1) is 13.3. The molecule has 0 spiro atoms. The van der Waals surface area contributed by atoms with Crippen molar-refractivity contribution < 1.29 is 4.79 Å². The molecule has 0 bridgehead atoms. The van der Waals surface area contributed by atoms with E-state index in [1.165, 1.54) is 11.8 Å². The van der Waals surface area contributed by atoms with E-state index in [-0.39, 0.29) is 15.9 Å². The molecule has 0 amide bonds. The second-order valence-corrected chi connectivity index (χ2v) is 6.69. The van der Waals surface area contributed by atoms with Crippen molar-refractivity contribution in [2.45, 2.75) is 38.0 Å². The average Bonchev–Trinajstić information content (AvgIpc) is 2.16. The summed E-state index contributed by atoms with van der Waals surface area (Å²) in [4.78, 5) is 11.7. The molecule has 0 aliphatic heterocycles. The fourth-order valence-corrected chi connectivity index (χ4v) is 2.33. The lowest BCUT2D eigenvalue weighted by atomic mass is 10.1. The lowest BCUT2D eigenvalue weighted by molar-refractivity contribution is -0.111. The Hall–Kier alpha value is -0.800. The number of thioether (sulfide) groups is 1. The smallest absolute Gasteiger partial charge is 0.191 e. The average molecular weight is 237 g/mol. The molecule has 1 atom stereocenters. The second-order valence-electron chi connectivity index (χ2n) is 4.81. The Morgan fingerprint density at radius 3 is 2.38 bits per heavy atom. The van der Waals surface area contributed by atoms with Gasteiger partial charge in [-0.3, -0.25) is 4.79 Å². The van der Waals surface area contributed by atoms with Gasteiger partial charge in [-0.15, -0.1) is 0 Å². The largest absolute Gasteiger partial charge is 0.324 e.